The molecule has 0 saturated carbocycles. The molecule has 41 heavy (non-hydrogen) atoms. The van der Waals surface area contributed by atoms with Gasteiger partial charge in [0.05, 0.1) is 5.69 Å². The highest BCUT2D eigenvalue weighted by Crippen LogP contribution is 2.29. The molecule has 0 radical (unpaired) electrons. The van der Waals surface area contributed by atoms with E-state index < -0.39 is 0 Å². The van der Waals surface area contributed by atoms with E-state index in [0.717, 1.165) is 74.6 Å². The van der Waals surface area contributed by atoms with Crippen LogP contribution in [0.2, 0.25) is 0 Å². The fraction of sp³-hybridized carbons (Fsp3) is 0.438. The zero-order valence-electron chi connectivity index (χ0n) is 23.8. The van der Waals surface area contributed by atoms with Crippen molar-refractivity contribution in [3.8, 4) is 11.3 Å². The number of aromatic nitrogens is 2. The Balaban J connectivity index is 1.08. The normalized spacial score (nSPS) is 18.3. The summed E-state index contributed by atoms with van der Waals surface area (Å²) in [5.41, 5.74) is 11.1. The van der Waals surface area contributed by atoms with Crippen LogP contribution in [0.15, 0.2) is 54.6 Å². The lowest BCUT2D eigenvalue weighted by Gasteiger charge is -2.34. The molecule has 214 valence electrons. The van der Waals surface area contributed by atoms with Crippen molar-refractivity contribution in [2.24, 2.45) is 5.92 Å². The summed E-state index contributed by atoms with van der Waals surface area (Å²) >= 11 is 0. The first kappa shape index (κ1) is 27.2. The summed E-state index contributed by atoms with van der Waals surface area (Å²) in [5.74, 6) is 1.75. The van der Waals surface area contributed by atoms with Crippen molar-refractivity contribution in [3.63, 3.8) is 0 Å². The number of hydrogen-bond acceptors (Lipinski definition) is 7. The molecule has 1 aromatic heterocycles. The number of likely N-dealkylation sites (tertiary alicyclic amines) is 1. The van der Waals surface area contributed by atoms with E-state index >= 15 is 0 Å². The minimum atomic E-state index is 0.0833. The molecule has 0 bridgehead atoms. The van der Waals surface area contributed by atoms with Gasteiger partial charge in [0.15, 0.2) is 0 Å². The highest BCUT2D eigenvalue weighted by Gasteiger charge is 2.28. The van der Waals surface area contributed by atoms with Crippen LogP contribution in [0.5, 0.6) is 0 Å². The van der Waals surface area contributed by atoms with Gasteiger partial charge in [-0.05, 0) is 61.6 Å². The van der Waals surface area contributed by atoms with Crippen molar-refractivity contribution >= 4 is 23.6 Å². The van der Waals surface area contributed by atoms with Crippen LogP contribution in [0, 0.1) is 5.92 Å². The van der Waals surface area contributed by atoms with Crippen molar-refractivity contribution < 1.29 is 9.59 Å². The van der Waals surface area contributed by atoms with Gasteiger partial charge in [0.25, 0.3) is 5.91 Å². The number of benzene rings is 2. The molecule has 3 aromatic rings. The van der Waals surface area contributed by atoms with E-state index in [1.165, 1.54) is 11.1 Å². The Labute approximate surface area is 242 Å². The topological polar surface area (TPSA) is 98.9 Å². The first-order valence-electron chi connectivity index (χ1n) is 14.8. The van der Waals surface area contributed by atoms with Crippen molar-refractivity contribution in [2.45, 2.75) is 32.2 Å². The average Bonchev–Trinajstić information content (AvgIpc) is 3.01. The molecule has 9 nitrogen and oxygen atoms in total. The lowest BCUT2D eigenvalue weighted by Crippen LogP contribution is -2.44. The SMILES string of the molecule is CN1CCN(c2cc(-c3ccc4c(c3)CN(C(=O)CC3CCN(C(=O)c5ccccc5)CC3)CC4)nc(N)n2)CC1. The highest BCUT2D eigenvalue weighted by molar-refractivity contribution is 5.94. The summed E-state index contributed by atoms with van der Waals surface area (Å²) < 4.78 is 0. The number of carbonyl (C=O) groups is 2. The number of piperidine rings is 1. The van der Waals surface area contributed by atoms with E-state index in [9.17, 15) is 9.59 Å². The molecular weight excluding hydrogens is 514 g/mol. The van der Waals surface area contributed by atoms with Gasteiger partial charge in [-0.2, -0.15) is 4.98 Å². The van der Waals surface area contributed by atoms with E-state index in [0.29, 0.717) is 32.0 Å². The van der Waals surface area contributed by atoms with E-state index in [2.05, 4.69) is 45.0 Å². The van der Waals surface area contributed by atoms with E-state index in [1.54, 1.807) is 0 Å². The van der Waals surface area contributed by atoms with Crippen LogP contribution >= 0.6 is 0 Å². The number of rotatable bonds is 5. The Hall–Kier alpha value is -3.98. The molecule has 0 atom stereocenters. The fourth-order valence-corrected chi connectivity index (χ4v) is 6.21. The second-order valence-electron chi connectivity index (χ2n) is 11.6. The number of carbonyl (C=O) groups excluding carboxylic acids is 2. The Morgan fingerprint density at radius 2 is 1.61 bits per heavy atom. The maximum atomic E-state index is 13.4. The van der Waals surface area contributed by atoms with Crippen molar-refractivity contribution in [3.05, 3.63) is 71.3 Å². The molecule has 2 fully saturated rings. The molecule has 4 heterocycles. The van der Waals surface area contributed by atoms with Crippen LogP contribution in [-0.4, -0.2) is 89.3 Å². The molecular formula is C32H39N7O2. The Morgan fingerprint density at radius 1 is 0.854 bits per heavy atom. The van der Waals surface area contributed by atoms with Gasteiger partial charge < -0.3 is 25.3 Å². The third-order valence-corrected chi connectivity index (χ3v) is 8.81. The summed E-state index contributed by atoms with van der Waals surface area (Å²) in [6.07, 6.45) is 3.12. The van der Waals surface area contributed by atoms with Crippen LogP contribution in [0.3, 0.4) is 0 Å². The van der Waals surface area contributed by atoms with Crippen LogP contribution in [0.1, 0.15) is 40.7 Å². The van der Waals surface area contributed by atoms with Crippen molar-refractivity contribution in [1.29, 1.82) is 0 Å². The molecule has 0 spiro atoms. The summed E-state index contributed by atoms with van der Waals surface area (Å²) in [4.78, 5) is 43.7. The lowest BCUT2D eigenvalue weighted by molar-refractivity contribution is -0.133. The number of fused-ring (bicyclic) bond motifs is 1. The molecule has 2 saturated heterocycles. The second kappa shape index (κ2) is 11.9. The highest BCUT2D eigenvalue weighted by atomic mass is 16.2. The van der Waals surface area contributed by atoms with Crippen molar-refractivity contribution in [2.75, 3.05) is 63.5 Å². The minimum absolute atomic E-state index is 0.0833. The Bertz CT molecular complexity index is 1400. The molecule has 2 N–H and O–H groups in total. The average molecular weight is 554 g/mol. The predicted octanol–water partition coefficient (Wildman–Crippen LogP) is 3.30. The lowest BCUT2D eigenvalue weighted by atomic mass is 9.91. The number of nitrogens with zero attached hydrogens (tertiary/aromatic N) is 6. The third kappa shape index (κ3) is 6.20. The van der Waals surface area contributed by atoms with Gasteiger partial charge >= 0.3 is 0 Å². The number of likely N-dealkylation sites (N-methyl/N-ethyl adjacent to an activating group) is 1. The molecule has 9 heteroatoms. The number of piperazine rings is 1. The Kier molecular flexibility index (Phi) is 7.87. The van der Waals surface area contributed by atoms with Crippen LogP contribution in [0.25, 0.3) is 11.3 Å². The summed E-state index contributed by atoms with van der Waals surface area (Å²) in [5, 5.41) is 0. The van der Waals surface area contributed by atoms with E-state index in [4.69, 9.17) is 5.73 Å². The molecule has 2 amide bonds. The summed E-state index contributed by atoms with van der Waals surface area (Å²) in [6.45, 7) is 6.57. The largest absolute Gasteiger partial charge is 0.368 e. The quantitative estimate of drug-likeness (QED) is 0.518. The van der Waals surface area contributed by atoms with Gasteiger partial charge in [-0.25, -0.2) is 4.98 Å². The standard InChI is InChI=1S/C32H39N7O2/c1-36-15-17-37(18-16-36)29-21-28(34-32(33)35-29)26-8-7-24-11-14-39(22-27(24)20-26)30(40)19-23-9-12-38(13-10-23)31(41)25-5-3-2-4-6-25/h2-8,20-21,23H,9-19,22H2,1H3,(H2,33,34,35). The summed E-state index contributed by atoms with van der Waals surface area (Å²) in [6, 6.07) is 17.9. The third-order valence-electron chi connectivity index (χ3n) is 8.81. The number of nitrogen functional groups attached to an aromatic ring is 1. The van der Waals surface area contributed by atoms with Crippen LogP contribution in [0.4, 0.5) is 11.8 Å². The zero-order valence-corrected chi connectivity index (χ0v) is 23.8. The molecule has 6 rings (SSSR count). The maximum absolute atomic E-state index is 13.4. The number of hydrogen-bond donors (Lipinski definition) is 1. The second-order valence-corrected chi connectivity index (χ2v) is 11.6. The van der Waals surface area contributed by atoms with Gasteiger partial charge in [-0.15, -0.1) is 0 Å². The van der Waals surface area contributed by atoms with E-state index in [1.807, 2.05) is 46.2 Å². The zero-order chi connectivity index (χ0) is 28.3. The number of anilines is 2. The van der Waals surface area contributed by atoms with Gasteiger partial charge in [0, 0.05) is 76.0 Å². The monoisotopic (exact) mass is 553 g/mol. The van der Waals surface area contributed by atoms with Gasteiger partial charge in [0.1, 0.15) is 5.82 Å². The first-order valence-corrected chi connectivity index (χ1v) is 14.8. The fourth-order valence-electron chi connectivity index (χ4n) is 6.21. The Morgan fingerprint density at radius 3 is 2.37 bits per heavy atom. The van der Waals surface area contributed by atoms with E-state index in [-0.39, 0.29) is 17.8 Å². The molecule has 0 unspecified atom stereocenters. The van der Waals surface area contributed by atoms with Crippen molar-refractivity contribution in [1.82, 2.24) is 24.7 Å². The van der Waals surface area contributed by atoms with Gasteiger partial charge in [0.2, 0.25) is 11.9 Å². The minimum Gasteiger partial charge on any atom is -0.368 e. The first-order chi connectivity index (χ1) is 19.9. The van der Waals surface area contributed by atoms with Gasteiger partial charge in [-0.1, -0.05) is 30.3 Å². The van der Waals surface area contributed by atoms with Gasteiger partial charge in [-0.3, -0.25) is 9.59 Å². The maximum Gasteiger partial charge on any atom is 0.253 e. The summed E-state index contributed by atoms with van der Waals surface area (Å²) in [7, 11) is 2.14. The van der Waals surface area contributed by atoms with Crippen LogP contribution < -0.4 is 10.6 Å². The molecule has 3 aliphatic rings. The number of nitrogens with two attached hydrogens (primary N) is 1. The number of amides is 2. The predicted molar refractivity (Wildman–Crippen MR) is 160 cm³/mol. The molecule has 0 aliphatic carbocycles. The smallest absolute Gasteiger partial charge is 0.253 e. The molecule has 3 aliphatic heterocycles. The van der Waals surface area contributed by atoms with Crippen LogP contribution in [-0.2, 0) is 17.8 Å². The molecule has 2 aromatic carbocycles.